The molecule has 5 heteroatoms. The maximum Gasteiger partial charge on any atom is 0.310 e. The molecule has 1 aliphatic rings. The van der Waals surface area contributed by atoms with Gasteiger partial charge in [-0.2, -0.15) is 0 Å². The van der Waals surface area contributed by atoms with Crippen LogP contribution in [-0.4, -0.2) is 30.5 Å². The highest BCUT2D eigenvalue weighted by Crippen LogP contribution is 2.34. The lowest BCUT2D eigenvalue weighted by atomic mass is 10.1. The first-order valence-corrected chi connectivity index (χ1v) is 6.22. The largest absolute Gasteiger partial charge is 0.481 e. The fourth-order valence-electron chi connectivity index (χ4n) is 1.73. The lowest BCUT2D eigenvalue weighted by Gasteiger charge is -2.07. The minimum Gasteiger partial charge on any atom is -0.481 e. The molecule has 14 heavy (non-hydrogen) atoms. The van der Waals surface area contributed by atoms with Crippen LogP contribution in [0.25, 0.3) is 0 Å². The lowest BCUT2D eigenvalue weighted by molar-refractivity contribution is -0.140. The SMILES string of the molecule is C=C1C[C@@H](S(=O)(=O)CC)C[C@@H]1C(=O)O. The second-order valence-electron chi connectivity index (χ2n) is 3.56. The molecule has 0 saturated heterocycles. The van der Waals surface area contributed by atoms with E-state index in [2.05, 4.69) is 6.58 Å². The van der Waals surface area contributed by atoms with E-state index in [4.69, 9.17) is 5.11 Å². The van der Waals surface area contributed by atoms with Crippen molar-refractivity contribution in [1.82, 2.24) is 0 Å². The van der Waals surface area contributed by atoms with Crippen molar-refractivity contribution >= 4 is 15.8 Å². The normalized spacial score (nSPS) is 27.9. The second-order valence-corrected chi connectivity index (χ2v) is 6.13. The minimum atomic E-state index is -3.12. The highest BCUT2D eigenvalue weighted by Gasteiger charge is 2.38. The third kappa shape index (κ3) is 1.97. The number of carboxylic acids is 1. The number of carboxylic acid groups (broad SMARTS) is 1. The highest BCUT2D eigenvalue weighted by molar-refractivity contribution is 7.92. The third-order valence-corrected chi connectivity index (χ3v) is 4.87. The average molecular weight is 218 g/mol. The summed E-state index contributed by atoms with van der Waals surface area (Å²) in [4.78, 5) is 10.7. The molecule has 0 aromatic heterocycles. The first-order chi connectivity index (χ1) is 6.38. The van der Waals surface area contributed by atoms with E-state index in [1.54, 1.807) is 6.92 Å². The predicted molar refractivity (Wildman–Crippen MR) is 52.7 cm³/mol. The van der Waals surface area contributed by atoms with Gasteiger partial charge in [-0.1, -0.05) is 19.1 Å². The van der Waals surface area contributed by atoms with Crippen LogP contribution in [0, 0.1) is 5.92 Å². The van der Waals surface area contributed by atoms with Crippen molar-refractivity contribution in [2.45, 2.75) is 25.0 Å². The molecule has 1 saturated carbocycles. The average Bonchev–Trinajstić information content (AvgIpc) is 2.48. The van der Waals surface area contributed by atoms with Gasteiger partial charge >= 0.3 is 5.97 Å². The van der Waals surface area contributed by atoms with Gasteiger partial charge in [0.2, 0.25) is 0 Å². The standard InChI is InChI=1S/C9H14O4S/c1-3-14(12,13)7-4-6(2)8(5-7)9(10)11/h7-8H,2-5H2,1H3,(H,10,11)/t7-,8+/m1/s1. The van der Waals surface area contributed by atoms with Gasteiger partial charge in [-0.25, -0.2) is 8.42 Å². The Morgan fingerprint density at radius 3 is 2.57 bits per heavy atom. The van der Waals surface area contributed by atoms with E-state index in [0.717, 1.165) is 0 Å². The molecule has 0 radical (unpaired) electrons. The smallest absolute Gasteiger partial charge is 0.310 e. The molecule has 1 N–H and O–H groups in total. The number of sulfone groups is 1. The maximum absolute atomic E-state index is 11.5. The summed E-state index contributed by atoms with van der Waals surface area (Å²) in [6.07, 6.45) is 0.484. The number of carbonyl (C=O) groups is 1. The zero-order chi connectivity index (χ0) is 10.9. The Kier molecular flexibility index (Phi) is 2.99. The number of aliphatic carboxylic acids is 1. The summed E-state index contributed by atoms with van der Waals surface area (Å²) in [7, 11) is -3.12. The van der Waals surface area contributed by atoms with Gasteiger partial charge in [-0.05, 0) is 12.8 Å². The fraction of sp³-hybridized carbons (Fsp3) is 0.667. The summed E-state index contributed by atoms with van der Waals surface area (Å²) >= 11 is 0. The van der Waals surface area contributed by atoms with E-state index in [0.29, 0.717) is 12.0 Å². The summed E-state index contributed by atoms with van der Waals surface area (Å²) < 4.78 is 23.0. The monoisotopic (exact) mass is 218 g/mol. The molecule has 0 unspecified atom stereocenters. The quantitative estimate of drug-likeness (QED) is 0.712. The molecule has 1 rings (SSSR count). The van der Waals surface area contributed by atoms with E-state index in [1.807, 2.05) is 0 Å². The molecule has 0 aliphatic heterocycles. The number of hydrogen-bond acceptors (Lipinski definition) is 3. The Morgan fingerprint density at radius 2 is 2.21 bits per heavy atom. The van der Waals surface area contributed by atoms with Gasteiger partial charge in [0, 0.05) is 5.75 Å². The van der Waals surface area contributed by atoms with Crippen molar-refractivity contribution in [3.8, 4) is 0 Å². The molecule has 0 aromatic rings. The van der Waals surface area contributed by atoms with Gasteiger partial charge in [0.25, 0.3) is 0 Å². The summed E-state index contributed by atoms with van der Waals surface area (Å²) in [5, 5.41) is 8.24. The minimum absolute atomic E-state index is 0.0668. The van der Waals surface area contributed by atoms with Gasteiger partial charge in [0.1, 0.15) is 0 Å². The highest BCUT2D eigenvalue weighted by atomic mass is 32.2. The molecule has 1 fully saturated rings. The molecule has 0 heterocycles. The first kappa shape index (κ1) is 11.2. The van der Waals surface area contributed by atoms with Crippen LogP contribution in [0.1, 0.15) is 19.8 Å². The Bertz CT molecular complexity index is 355. The van der Waals surface area contributed by atoms with Crippen molar-refractivity contribution in [2.75, 3.05) is 5.75 Å². The van der Waals surface area contributed by atoms with E-state index in [1.165, 1.54) is 0 Å². The summed E-state index contributed by atoms with van der Waals surface area (Å²) in [6.45, 7) is 5.19. The predicted octanol–water partition coefficient (Wildman–Crippen LogP) is 0.841. The Balaban J connectivity index is 2.83. The van der Waals surface area contributed by atoms with Crippen molar-refractivity contribution < 1.29 is 18.3 Å². The van der Waals surface area contributed by atoms with Gasteiger partial charge in [0.15, 0.2) is 9.84 Å². The molecule has 1 aliphatic carbocycles. The van der Waals surface area contributed by atoms with Crippen LogP contribution < -0.4 is 0 Å². The fourth-order valence-corrected chi connectivity index (χ4v) is 3.16. The Hall–Kier alpha value is -0.840. The van der Waals surface area contributed by atoms with E-state index in [9.17, 15) is 13.2 Å². The second kappa shape index (κ2) is 3.73. The van der Waals surface area contributed by atoms with Gasteiger partial charge in [0.05, 0.1) is 11.2 Å². The summed E-state index contributed by atoms with van der Waals surface area (Å²) in [6, 6.07) is 0. The molecule has 0 spiro atoms. The van der Waals surface area contributed by atoms with E-state index in [-0.39, 0.29) is 12.2 Å². The molecule has 2 atom stereocenters. The Morgan fingerprint density at radius 1 is 1.64 bits per heavy atom. The van der Waals surface area contributed by atoms with Crippen LogP contribution in [0.2, 0.25) is 0 Å². The molecule has 0 amide bonds. The van der Waals surface area contributed by atoms with Crippen molar-refractivity contribution in [1.29, 1.82) is 0 Å². The zero-order valence-corrected chi connectivity index (χ0v) is 8.88. The first-order valence-electron chi connectivity index (χ1n) is 4.50. The number of hydrogen-bond donors (Lipinski definition) is 1. The molecule has 4 nitrogen and oxygen atoms in total. The van der Waals surface area contributed by atoms with Crippen LogP contribution in [0.4, 0.5) is 0 Å². The van der Waals surface area contributed by atoms with Crippen molar-refractivity contribution in [3.63, 3.8) is 0 Å². The summed E-state index contributed by atoms with van der Waals surface area (Å²) in [5.74, 6) is -1.58. The molecule has 0 aromatic carbocycles. The zero-order valence-electron chi connectivity index (χ0n) is 8.06. The molecular weight excluding hydrogens is 204 g/mol. The van der Waals surface area contributed by atoms with Crippen LogP contribution in [-0.2, 0) is 14.6 Å². The Labute approximate surface area is 83.5 Å². The maximum atomic E-state index is 11.5. The molecule has 80 valence electrons. The molecule has 0 bridgehead atoms. The summed E-state index contributed by atoms with van der Waals surface area (Å²) in [5.41, 5.74) is 0.527. The van der Waals surface area contributed by atoms with Gasteiger partial charge < -0.3 is 5.11 Å². The van der Waals surface area contributed by atoms with Crippen molar-refractivity contribution in [2.24, 2.45) is 5.92 Å². The van der Waals surface area contributed by atoms with Gasteiger partial charge in [-0.3, -0.25) is 4.79 Å². The van der Waals surface area contributed by atoms with Gasteiger partial charge in [-0.15, -0.1) is 0 Å². The topological polar surface area (TPSA) is 71.4 Å². The van der Waals surface area contributed by atoms with Crippen molar-refractivity contribution in [3.05, 3.63) is 12.2 Å². The van der Waals surface area contributed by atoms with E-state index < -0.39 is 27.0 Å². The van der Waals surface area contributed by atoms with E-state index >= 15 is 0 Å². The van der Waals surface area contributed by atoms with Crippen LogP contribution in [0.5, 0.6) is 0 Å². The number of rotatable bonds is 3. The molecular formula is C9H14O4S. The van der Waals surface area contributed by atoms with Crippen LogP contribution >= 0.6 is 0 Å². The van der Waals surface area contributed by atoms with Crippen LogP contribution in [0.3, 0.4) is 0 Å². The lowest BCUT2D eigenvalue weighted by Crippen LogP contribution is -2.21. The van der Waals surface area contributed by atoms with Crippen LogP contribution in [0.15, 0.2) is 12.2 Å². The third-order valence-electron chi connectivity index (χ3n) is 2.69.